The fourth-order valence-corrected chi connectivity index (χ4v) is 4.08. The van der Waals surface area contributed by atoms with Gasteiger partial charge in [-0.2, -0.15) is 0 Å². The second kappa shape index (κ2) is 8.11. The van der Waals surface area contributed by atoms with Crippen molar-refractivity contribution >= 4 is 22.6 Å². The lowest BCUT2D eigenvalue weighted by Crippen LogP contribution is -2.24. The molecule has 1 aliphatic rings. The summed E-state index contributed by atoms with van der Waals surface area (Å²) < 4.78 is 16.6. The number of carboxylic acid groups (broad SMARTS) is 1. The van der Waals surface area contributed by atoms with Crippen LogP contribution >= 0.6 is 0 Å². The normalized spacial score (nSPS) is 15.4. The third-order valence-electron chi connectivity index (χ3n) is 5.65. The quantitative estimate of drug-likeness (QED) is 0.751. The van der Waals surface area contributed by atoms with Gasteiger partial charge >= 0.3 is 5.97 Å². The van der Waals surface area contributed by atoms with Gasteiger partial charge in [-0.15, -0.1) is 0 Å². The van der Waals surface area contributed by atoms with Crippen LogP contribution in [0.5, 0.6) is 0 Å². The zero-order chi connectivity index (χ0) is 19.6. The van der Waals surface area contributed by atoms with Crippen LogP contribution in [0.3, 0.4) is 0 Å². The number of hydrogen-bond acceptors (Lipinski definition) is 3. The van der Waals surface area contributed by atoms with Crippen LogP contribution in [0.15, 0.2) is 23.1 Å². The Hall–Kier alpha value is -2.37. The standard InChI is InChI=1S/C21H27FN2O3/c1-3-14(4-2)24-12-16(21(26)27)20(25)15-10-17(22)18(11-19(15)24)23-13-8-6-5-7-9-13/h10-14,23H,3-9H2,1-2H3,(H,26,27). The molecule has 0 radical (unpaired) electrons. The van der Waals surface area contributed by atoms with Gasteiger partial charge in [0, 0.05) is 23.7 Å². The van der Waals surface area contributed by atoms with Gasteiger partial charge in [-0.05, 0) is 37.8 Å². The highest BCUT2D eigenvalue weighted by Crippen LogP contribution is 2.29. The molecule has 0 aliphatic heterocycles. The Bertz CT molecular complexity index is 896. The van der Waals surface area contributed by atoms with Crippen LogP contribution < -0.4 is 10.7 Å². The van der Waals surface area contributed by atoms with E-state index < -0.39 is 17.2 Å². The van der Waals surface area contributed by atoms with Gasteiger partial charge in [0.25, 0.3) is 0 Å². The number of carboxylic acids is 1. The van der Waals surface area contributed by atoms with E-state index in [0.717, 1.165) is 38.5 Å². The highest BCUT2D eigenvalue weighted by atomic mass is 19.1. The molecule has 0 unspecified atom stereocenters. The number of hydrogen-bond donors (Lipinski definition) is 2. The number of benzene rings is 1. The van der Waals surface area contributed by atoms with Crippen LogP contribution in [0.1, 0.15) is 75.2 Å². The van der Waals surface area contributed by atoms with Gasteiger partial charge in [0.1, 0.15) is 11.4 Å². The lowest BCUT2D eigenvalue weighted by Gasteiger charge is -2.25. The highest BCUT2D eigenvalue weighted by Gasteiger charge is 2.21. The van der Waals surface area contributed by atoms with E-state index in [0.29, 0.717) is 11.2 Å². The molecule has 3 rings (SSSR count). The molecule has 5 nitrogen and oxygen atoms in total. The number of nitrogens with zero attached hydrogens (tertiary/aromatic N) is 1. The van der Waals surface area contributed by atoms with Crippen molar-refractivity contribution in [3.8, 4) is 0 Å². The Morgan fingerprint density at radius 1 is 1.26 bits per heavy atom. The van der Waals surface area contributed by atoms with Crippen molar-refractivity contribution in [1.29, 1.82) is 0 Å². The summed E-state index contributed by atoms with van der Waals surface area (Å²) in [6.07, 6.45) is 8.48. The van der Waals surface area contributed by atoms with Crippen molar-refractivity contribution < 1.29 is 14.3 Å². The van der Waals surface area contributed by atoms with Crippen molar-refractivity contribution in [1.82, 2.24) is 4.57 Å². The van der Waals surface area contributed by atoms with Gasteiger partial charge < -0.3 is 15.0 Å². The summed E-state index contributed by atoms with van der Waals surface area (Å²) in [6.45, 7) is 4.03. The smallest absolute Gasteiger partial charge is 0.341 e. The number of aromatic carboxylic acids is 1. The van der Waals surface area contributed by atoms with E-state index in [4.69, 9.17) is 0 Å². The maximum absolute atomic E-state index is 14.7. The van der Waals surface area contributed by atoms with E-state index in [1.54, 1.807) is 6.07 Å². The fraction of sp³-hybridized carbons (Fsp3) is 0.524. The Morgan fingerprint density at radius 2 is 1.93 bits per heavy atom. The molecule has 0 saturated heterocycles. The molecule has 0 spiro atoms. The SMILES string of the molecule is CCC(CC)n1cc(C(=O)O)c(=O)c2cc(F)c(NC3CCCCC3)cc21. The Balaban J connectivity index is 2.17. The van der Waals surface area contributed by atoms with Crippen LogP contribution in [0, 0.1) is 5.82 Å². The topological polar surface area (TPSA) is 71.3 Å². The predicted octanol–water partition coefficient (Wildman–Crippen LogP) is 4.94. The fourth-order valence-electron chi connectivity index (χ4n) is 4.08. The molecule has 0 atom stereocenters. The monoisotopic (exact) mass is 374 g/mol. The average molecular weight is 374 g/mol. The summed E-state index contributed by atoms with van der Waals surface area (Å²) >= 11 is 0. The third-order valence-corrected chi connectivity index (χ3v) is 5.65. The van der Waals surface area contributed by atoms with Gasteiger partial charge in [0.2, 0.25) is 5.43 Å². The Morgan fingerprint density at radius 3 is 2.52 bits per heavy atom. The first kappa shape index (κ1) is 19.4. The summed E-state index contributed by atoms with van der Waals surface area (Å²) in [4.78, 5) is 24.1. The minimum Gasteiger partial charge on any atom is -0.477 e. The maximum Gasteiger partial charge on any atom is 0.341 e. The summed E-state index contributed by atoms with van der Waals surface area (Å²) in [5, 5.41) is 12.8. The number of pyridine rings is 1. The minimum absolute atomic E-state index is 0.0409. The van der Waals surface area contributed by atoms with Crippen molar-refractivity contribution in [3.63, 3.8) is 0 Å². The van der Waals surface area contributed by atoms with E-state index >= 15 is 0 Å². The zero-order valence-corrected chi connectivity index (χ0v) is 15.9. The second-order valence-electron chi connectivity index (χ2n) is 7.38. The molecule has 1 heterocycles. The number of fused-ring (bicyclic) bond motifs is 1. The molecular weight excluding hydrogens is 347 g/mol. The molecular formula is C21H27FN2O3. The molecule has 1 aromatic heterocycles. The summed E-state index contributed by atoms with van der Waals surface area (Å²) in [5.41, 5.74) is 0.0135. The van der Waals surface area contributed by atoms with E-state index in [1.165, 1.54) is 18.7 Å². The number of anilines is 1. The van der Waals surface area contributed by atoms with Gasteiger partial charge in [-0.25, -0.2) is 9.18 Å². The van der Waals surface area contributed by atoms with Crippen molar-refractivity contribution in [3.05, 3.63) is 39.9 Å². The Labute approximate surface area is 158 Å². The molecule has 1 aromatic carbocycles. The number of halogens is 1. The molecule has 0 amide bonds. The maximum atomic E-state index is 14.7. The van der Waals surface area contributed by atoms with Gasteiger partial charge in [0.15, 0.2) is 0 Å². The lowest BCUT2D eigenvalue weighted by molar-refractivity contribution is 0.0694. The zero-order valence-electron chi connectivity index (χ0n) is 15.9. The first-order chi connectivity index (χ1) is 13.0. The highest BCUT2D eigenvalue weighted by molar-refractivity contribution is 5.93. The van der Waals surface area contributed by atoms with E-state index in [9.17, 15) is 19.1 Å². The number of carbonyl (C=O) groups is 1. The van der Waals surface area contributed by atoms with Gasteiger partial charge in [-0.1, -0.05) is 33.1 Å². The molecule has 146 valence electrons. The third kappa shape index (κ3) is 3.84. The molecule has 6 heteroatoms. The van der Waals surface area contributed by atoms with Crippen molar-refractivity contribution in [2.45, 2.75) is 70.9 Å². The van der Waals surface area contributed by atoms with Gasteiger partial charge in [-0.3, -0.25) is 4.79 Å². The van der Waals surface area contributed by atoms with E-state index in [1.807, 2.05) is 18.4 Å². The van der Waals surface area contributed by atoms with Crippen LogP contribution in [-0.2, 0) is 0 Å². The molecule has 0 bridgehead atoms. The van der Waals surface area contributed by atoms with Crippen LogP contribution in [0.2, 0.25) is 0 Å². The lowest BCUT2D eigenvalue weighted by atomic mass is 9.95. The van der Waals surface area contributed by atoms with Crippen molar-refractivity contribution in [2.75, 3.05) is 5.32 Å². The summed E-state index contributed by atoms with van der Waals surface area (Å²) in [6, 6.07) is 3.13. The number of rotatable bonds is 6. The molecule has 2 aromatic rings. The van der Waals surface area contributed by atoms with Gasteiger partial charge in [0.05, 0.1) is 11.2 Å². The summed E-state index contributed by atoms with van der Waals surface area (Å²) in [7, 11) is 0. The summed E-state index contributed by atoms with van der Waals surface area (Å²) in [5.74, 6) is -1.80. The molecule has 1 aliphatic carbocycles. The van der Waals surface area contributed by atoms with Crippen LogP contribution in [-0.4, -0.2) is 21.7 Å². The van der Waals surface area contributed by atoms with E-state index in [2.05, 4.69) is 5.32 Å². The average Bonchev–Trinajstić information content (AvgIpc) is 2.66. The largest absolute Gasteiger partial charge is 0.477 e. The minimum atomic E-state index is -1.29. The molecule has 27 heavy (non-hydrogen) atoms. The Kier molecular flexibility index (Phi) is 5.82. The molecule has 1 fully saturated rings. The second-order valence-corrected chi connectivity index (χ2v) is 7.38. The van der Waals surface area contributed by atoms with Crippen LogP contribution in [0.4, 0.5) is 10.1 Å². The van der Waals surface area contributed by atoms with Crippen LogP contribution in [0.25, 0.3) is 10.9 Å². The molecule has 2 N–H and O–H groups in total. The number of aromatic nitrogens is 1. The van der Waals surface area contributed by atoms with E-state index in [-0.39, 0.29) is 23.0 Å². The first-order valence-electron chi connectivity index (χ1n) is 9.84. The predicted molar refractivity (Wildman–Crippen MR) is 105 cm³/mol. The first-order valence-corrected chi connectivity index (χ1v) is 9.84. The number of nitrogens with one attached hydrogen (secondary N) is 1. The van der Waals surface area contributed by atoms with Crippen molar-refractivity contribution in [2.24, 2.45) is 0 Å². The molecule has 1 saturated carbocycles.